The van der Waals surface area contributed by atoms with Crippen LogP contribution in [0.2, 0.25) is 0 Å². The lowest BCUT2D eigenvalue weighted by Crippen LogP contribution is -2.38. The van der Waals surface area contributed by atoms with Crippen molar-refractivity contribution in [1.82, 2.24) is 31.3 Å². The maximum Gasteiger partial charge on any atom is 0.315 e. The highest BCUT2D eigenvalue weighted by Crippen LogP contribution is 2.06. The molecule has 4 N–H and O–H groups in total. The molecule has 2 amide bonds. The van der Waals surface area contributed by atoms with Gasteiger partial charge in [-0.15, -0.1) is 10.2 Å². The van der Waals surface area contributed by atoms with E-state index in [9.17, 15) is 9.59 Å². The van der Waals surface area contributed by atoms with Crippen molar-refractivity contribution in [2.24, 2.45) is 5.92 Å². The number of nitrogens with zero attached hydrogens (tertiary/aromatic N) is 3. The van der Waals surface area contributed by atoms with Crippen molar-refractivity contribution in [1.29, 1.82) is 0 Å². The second-order valence-electron chi connectivity index (χ2n) is 3.76. The van der Waals surface area contributed by atoms with Crippen LogP contribution < -0.4 is 10.6 Å². The van der Waals surface area contributed by atoms with E-state index >= 15 is 0 Å². The Morgan fingerprint density at radius 2 is 2.22 bits per heavy atom. The second-order valence-corrected chi connectivity index (χ2v) is 3.76. The van der Waals surface area contributed by atoms with E-state index in [1.54, 1.807) is 0 Å². The van der Waals surface area contributed by atoms with Crippen LogP contribution in [0.25, 0.3) is 0 Å². The number of carboxylic acids is 1. The van der Waals surface area contributed by atoms with Crippen molar-refractivity contribution in [3.63, 3.8) is 0 Å². The van der Waals surface area contributed by atoms with Crippen LogP contribution in [0.15, 0.2) is 0 Å². The Kier molecular flexibility index (Phi) is 5.55. The van der Waals surface area contributed by atoms with Gasteiger partial charge in [0.1, 0.15) is 0 Å². The summed E-state index contributed by atoms with van der Waals surface area (Å²) in [6.07, 6.45) is 0.735. The van der Waals surface area contributed by atoms with Crippen molar-refractivity contribution in [3.05, 3.63) is 5.82 Å². The highest BCUT2D eigenvalue weighted by molar-refractivity contribution is 5.73. The maximum absolute atomic E-state index is 11.4. The Balaban J connectivity index is 2.21. The Hall–Kier alpha value is -2.19. The summed E-state index contributed by atoms with van der Waals surface area (Å²) in [5, 5.41) is 26.7. The van der Waals surface area contributed by atoms with Crippen LogP contribution in [0.3, 0.4) is 0 Å². The zero-order valence-electron chi connectivity index (χ0n) is 10.0. The second kappa shape index (κ2) is 7.20. The van der Waals surface area contributed by atoms with Crippen molar-refractivity contribution in [2.45, 2.75) is 26.3 Å². The average molecular weight is 256 g/mol. The van der Waals surface area contributed by atoms with Gasteiger partial charge >= 0.3 is 12.0 Å². The fourth-order valence-electron chi connectivity index (χ4n) is 1.32. The van der Waals surface area contributed by atoms with Gasteiger partial charge in [-0.2, -0.15) is 5.21 Å². The number of aromatic amines is 1. The van der Waals surface area contributed by atoms with Gasteiger partial charge in [0.05, 0.1) is 6.54 Å². The molecule has 0 saturated heterocycles. The number of tetrazole rings is 1. The number of hydrogen-bond acceptors (Lipinski definition) is 5. The number of aliphatic carboxylic acids is 1. The average Bonchev–Trinajstić information content (AvgIpc) is 2.84. The molecule has 18 heavy (non-hydrogen) atoms. The molecule has 1 aromatic rings. The van der Waals surface area contributed by atoms with E-state index in [-0.39, 0.29) is 24.9 Å². The van der Waals surface area contributed by atoms with E-state index in [4.69, 9.17) is 5.11 Å². The van der Waals surface area contributed by atoms with E-state index in [0.29, 0.717) is 18.8 Å². The molecule has 9 nitrogen and oxygen atoms in total. The zero-order valence-corrected chi connectivity index (χ0v) is 10.0. The van der Waals surface area contributed by atoms with Crippen molar-refractivity contribution in [2.75, 3.05) is 6.54 Å². The first-order chi connectivity index (χ1) is 8.61. The minimum Gasteiger partial charge on any atom is -0.481 e. The number of nitrogens with one attached hydrogen (secondary N) is 3. The molecule has 0 fully saturated rings. The van der Waals surface area contributed by atoms with Crippen molar-refractivity contribution in [3.8, 4) is 0 Å². The van der Waals surface area contributed by atoms with Crippen LogP contribution in [0.1, 0.15) is 25.6 Å². The number of amides is 2. The first-order valence-electron chi connectivity index (χ1n) is 5.57. The van der Waals surface area contributed by atoms with Crippen molar-refractivity contribution < 1.29 is 14.7 Å². The molecule has 0 aliphatic heterocycles. The maximum atomic E-state index is 11.4. The first-order valence-corrected chi connectivity index (χ1v) is 5.57. The molecule has 1 aromatic heterocycles. The predicted molar refractivity (Wildman–Crippen MR) is 60.4 cm³/mol. The summed E-state index contributed by atoms with van der Waals surface area (Å²) in [6, 6.07) is -0.386. The van der Waals surface area contributed by atoms with Gasteiger partial charge in [-0.25, -0.2) is 4.79 Å². The molecule has 1 atom stereocenters. The van der Waals surface area contributed by atoms with Crippen LogP contribution in [-0.4, -0.2) is 44.3 Å². The molecular weight excluding hydrogens is 240 g/mol. The zero-order chi connectivity index (χ0) is 13.4. The summed E-state index contributed by atoms with van der Waals surface area (Å²) in [7, 11) is 0. The summed E-state index contributed by atoms with van der Waals surface area (Å²) < 4.78 is 0. The molecule has 0 aliphatic carbocycles. The van der Waals surface area contributed by atoms with E-state index in [1.165, 1.54) is 0 Å². The minimum absolute atomic E-state index is 0.0433. The highest BCUT2D eigenvalue weighted by Gasteiger charge is 2.12. The van der Waals surface area contributed by atoms with Gasteiger partial charge in [0.2, 0.25) is 0 Å². The Bertz CT molecular complexity index is 380. The van der Waals surface area contributed by atoms with Crippen LogP contribution in [-0.2, 0) is 11.3 Å². The Morgan fingerprint density at radius 1 is 1.44 bits per heavy atom. The molecule has 0 aliphatic rings. The molecule has 100 valence electrons. The number of hydrogen-bond donors (Lipinski definition) is 4. The summed E-state index contributed by atoms with van der Waals surface area (Å²) in [5.41, 5.74) is 0. The molecule has 1 heterocycles. The van der Waals surface area contributed by atoms with Gasteiger partial charge in [0, 0.05) is 13.0 Å². The number of rotatable bonds is 7. The number of aromatic nitrogens is 4. The van der Waals surface area contributed by atoms with Crippen molar-refractivity contribution >= 4 is 12.0 Å². The topological polar surface area (TPSA) is 133 Å². The quantitative estimate of drug-likeness (QED) is 0.519. The summed E-state index contributed by atoms with van der Waals surface area (Å²) in [5.74, 6) is -0.558. The van der Waals surface area contributed by atoms with E-state index in [1.807, 2.05) is 6.92 Å². The molecule has 0 radical (unpaired) electrons. The Labute approximate surface area is 103 Å². The van der Waals surface area contributed by atoms with Gasteiger partial charge in [-0.05, 0) is 5.92 Å². The van der Waals surface area contributed by atoms with Crippen LogP contribution >= 0.6 is 0 Å². The number of carboxylic acid groups (broad SMARTS) is 1. The van der Waals surface area contributed by atoms with Gasteiger partial charge in [0.15, 0.2) is 5.82 Å². The molecule has 0 saturated carbocycles. The third-order valence-electron chi connectivity index (χ3n) is 2.39. The molecule has 9 heteroatoms. The summed E-state index contributed by atoms with van der Waals surface area (Å²) in [4.78, 5) is 21.9. The molecular formula is C9H16N6O3. The van der Waals surface area contributed by atoms with E-state index < -0.39 is 5.97 Å². The van der Waals surface area contributed by atoms with Gasteiger partial charge in [0.25, 0.3) is 0 Å². The van der Waals surface area contributed by atoms with E-state index in [2.05, 4.69) is 31.3 Å². The smallest absolute Gasteiger partial charge is 0.315 e. The lowest BCUT2D eigenvalue weighted by Gasteiger charge is -2.13. The van der Waals surface area contributed by atoms with Gasteiger partial charge < -0.3 is 15.7 Å². The van der Waals surface area contributed by atoms with Gasteiger partial charge in [-0.3, -0.25) is 4.79 Å². The summed E-state index contributed by atoms with van der Waals surface area (Å²) >= 11 is 0. The SMILES string of the molecule is CCC(CNC(=O)NCc1nn[nH]n1)CC(=O)O. The normalized spacial score (nSPS) is 11.8. The van der Waals surface area contributed by atoms with Gasteiger partial charge in [-0.1, -0.05) is 18.6 Å². The first kappa shape index (κ1) is 13.9. The fraction of sp³-hybridized carbons (Fsp3) is 0.667. The van der Waals surface area contributed by atoms with Crippen LogP contribution in [0, 0.1) is 5.92 Å². The minimum atomic E-state index is -0.865. The lowest BCUT2D eigenvalue weighted by molar-refractivity contribution is -0.138. The fourth-order valence-corrected chi connectivity index (χ4v) is 1.32. The third kappa shape index (κ3) is 5.23. The van der Waals surface area contributed by atoms with Crippen LogP contribution in [0.5, 0.6) is 0 Å². The number of carbonyl (C=O) groups is 2. The van der Waals surface area contributed by atoms with Crippen LogP contribution in [0.4, 0.5) is 4.79 Å². The molecule has 1 rings (SSSR count). The van der Waals surface area contributed by atoms with E-state index in [0.717, 1.165) is 0 Å². The third-order valence-corrected chi connectivity index (χ3v) is 2.39. The molecule has 1 unspecified atom stereocenters. The lowest BCUT2D eigenvalue weighted by atomic mass is 10.0. The highest BCUT2D eigenvalue weighted by atomic mass is 16.4. The monoisotopic (exact) mass is 256 g/mol. The largest absolute Gasteiger partial charge is 0.481 e. The number of urea groups is 1. The summed E-state index contributed by atoms with van der Waals surface area (Å²) in [6.45, 7) is 2.37. The molecule has 0 aromatic carbocycles. The standard InChI is InChI=1S/C9H16N6O3/c1-2-6(3-8(16)17)4-10-9(18)11-5-7-12-14-15-13-7/h6H,2-5H2,1H3,(H,16,17)(H2,10,11,18)(H,12,13,14,15). The number of carbonyl (C=O) groups excluding carboxylic acids is 1. The Morgan fingerprint density at radius 3 is 2.78 bits per heavy atom. The molecule has 0 bridgehead atoms. The molecule has 0 spiro atoms. The number of H-pyrrole nitrogens is 1. The predicted octanol–water partition coefficient (Wildman–Crippen LogP) is -0.500.